The first-order valence-electron chi connectivity index (χ1n) is 8.67. The van der Waals surface area contributed by atoms with Gasteiger partial charge in [0.2, 0.25) is 10.0 Å². The quantitative estimate of drug-likeness (QED) is 0.397. The number of nitrogens with zero attached hydrogens (tertiary/aromatic N) is 1. The molecule has 142 valence electrons. The van der Waals surface area contributed by atoms with Gasteiger partial charge in [0.15, 0.2) is 0 Å². The van der Waals surface area contributed by atoms with E-state index >= 15 is 0 Å². The minimum Gasteiger partial charge on any atom is -0.384 e. The number of sulfonamides is 1. The van der Waals surface area contributed by atoms with Crippen molar-refractivity contribution in [2.75, 3.05) is 5.75 Å². The Kier molecular flexibility index (Phi) is 5.88. The normalized spacial score (nSPS) is 12.9. The topological polar surface area (TPSA) is 109 Å². The fourth-order valence-corrected chi connectivity index (χ4v) is 5.24. The number of hydrogen-bond acceptors (Lipinski definition) is 5. The van der Waals surface area contributed by atoms with E-state index in [4.69, 9.17) is 11.1 Å². The lowest BCUT2D eigenvalue weighted by molar-refractivity contribution is 0.553. The second kappa shape index (κ2) is 8.16. The number of benzene rings is 2. The van der Waals surface area contributed by atoms with Gasteiger partial charge in [-0.2, -0.15) is 0 Å². The molecule has 0 spiro atoms. The SMILES string of the molecule is CCCS(=O)(=O)NC(Cc1cccc(C(=N)N)c1)c1nc2ccccc2s1. The van der Waals surface area contributed by atoms with E-state index in [1.54, 1.807) is 6.07 Å². The largest absolute Gasteiger partial charge is 0.384 e. The molecule has 0 fully saturated rings. The van der Waals surface area contributed by atoms with Gasteiger partial charge in [0.05, 0.1) is 22.0 Å². The number of para-hydroxylation sites is 1. The van der Waals surface area contributed by atoms with Gasteiger partial charge in [0, 0.05) is 5.56 Å². The zero-order valence-corrected chi connectivity index (χ0v) is 16.6. The van der Waals surface area contributed by atoms with Gasteiger partial charge >= 0.3 is 0 Å². The summed E-state index contributed by atoms with van der Waals surface area (Å²) in [5, 5.41) is 8.33. The lowest BCUT2D eigenvalue weighted by Gasteiger charge is -2.17. The van der Waals surface area contributed by atoms with Crippen LogP contribution in [0, 0.1) is 5.41 Å². The number of nitrogens with two attached hydrogens (primary N) is 1. The molecule has 2 aromatic carbocycles. The van der Waals surface area contributed by atoms with E-state index in [2.05, 4.69) is 9.71 Å². The van der Waals surface area contributed by atoms with Crippen LogP contribution in [0.5, 0.6) is 0 Å². The van der Waals surface area contributed by atoms with Crippen molar-refractivity contribution in [1.82, 2.24) is 9.71 Å². The van der Waals surface area contributed by atoms with Crippen LogP contribution in [0.4, 0.5) is 0 Å². The molecule has 1 aromatic heterocycles. The van der Waals surface area contributed by atoms with Gasteiger partial charge in [-0.15, -0.1) is 11.3 Å². The average molecular weight is 403 g/mol. The molecule has 0 amide bonds. The van der Waals surface area contributed by atoms with Crippen LogP contribution in [0.3, 0.4) is 0 Å². The van der Waals surface area contributed by atoms with Gasteiger partial charge in [0.25, 0.3) is 0 Å². The Morgan fingerprint density at radius 3 is 2.74 bits per heavy atom. The first kappa shape index (κ1) is 19.5. The first-order chi connectivity index (χ1) is 12.9. The van der Waals surface area contributed by atoms with Gasteiger partial charge in [-0.1, -0.05) is 37.3 Å². The summed E-state index contributed by atoms with van der Waals surface area (Å²) in [5.41, 5.74) is 7.95. The molecule has 1 unspecified atom stereocenters. The van der Waals surface area contributed by atoms with Crippen LogP contribution in [-0.2, 0) is 16.4 Å². The monoisotopic (exact) mass is 402 g/mol. The van der Waals surface area contributed by atoms with E-state index in [-0.39, 0.29) is 11.6 Å². The van der Waals surface area contributed by atoms with Crippen LogP contribution in [0.2, 0.25) is 0 Å². The molecule has 0 saturated carbocycles. The van der Waals surface area contributed by atoms with Crippen LogP contribution in [0.1, 0.15) is 35.5 Å². The zero-order chi connectivity index (χ0) is 19.4. The van der Waals surface area contributed by atoms with Crippen molar-refractivity contribution in [3.05, 3.63) is 64.7 Å². The highest BCUT2D eigenvalue weighted by molar-refractivity contribution is 7.89. The maximum atomic E-state index is 12.4. The molecule has 0 saturated heterocycles. The lowest BCUT2D eigenvalue weighted by Crippen LogP contribution is -2.31. The Morgan fingerprint density at radius 2 is 2.04 bits per heavy atom. The second-order valence-corrected chi connectivity index (χ2v) is 9.26. The molecule has 1 heterocycles. The summed E-state index contributed by atoms with van der Waals surface area (Å²) in [4.78, 5) is 4.64. The molecule has 0 aliphatic carbocycles. The Hall–Kier alpha value is -2.29. The van der Waals surface area contributed by atoms with E-state index in [0.717, 1.165) is 20.8 Å². The van der Waals surface area contributed by atoms with Gasteiger partial charge < -0.3 is 5.73 Å². The highest BCUT2D eigenvalue weighted by Gasteiger charge is 2.23. The zero-order valence-electron chi connectivity index (χ0n) is 15.0. The Bertz CT molecular complexity index is 1030. The van der Waals surface area contributed by atoms with Gasteiger partial charge in [-0.25, -0.2) is 18.1 Å². The number of thiazole rings is 1. The third kappa shape index (κ3) is 4.91. The molecule has 0 aliphatic heterocycles. The summed E-state index contributed by atoms with van der Waals surface area (Å²) < 4.78 is 28.6. The second-order valence-electron chi connectivity index (χ2n) is 6.33. The Balaban J connectivity index is 1.96. The fourth-order valence-electron chi connectivity index (χ4n) is 2.86. The number of nitrogens with one attached hydrogen (secondary N) is 2. The standard InChI is InChI=1S/C19H22N4O2S2/c1-2-10-27(24,25)23-16(12-13-6-5-7-14(11-13)18(20)21)19-22-15-8-3-4-9-17(15)26-19/h3-9,11,16,23H,2,10,12H2,1H3,(H3,20,21). The molecule has 0 radical (unpaired) electrons. The third-order valence-corrected chi connectivity index (χ3v) is 6.82. The van der Waals surface area contributed by atoms with E-state index < -0.39 is 16.1 Å². The maximum Gasteiger partial charge on any atom is 0.212 e. The Labute approximate surface area is 163 Å². The summed E-state index contributed by atoms with van der Waals surface area (Å²) >= 11 is 1.49. The van der Waals surface area contributed by atoms with Crippen molar-refractivity contribution in [3.8, 4) is 0 Å². The van der Waals surface area contributed by atoms with Gasteiger partial charge in [-0.05, 0) is 36.6 Å². The van der Waals surface area contributed by atoms with Crippen molar-refractivity contribution in [3.63, 3.8) is 0 Å². The van der Waals surface area contributed by atoms with E-state index in [1.165, 1.54) is 11.3 Å². The molecular formula is C19H22N4O2S2. The molecular weight excluding hydrogens is 380 g/mol. The van der Waals surface area contributed by atoms with E-state index in [0.29, 0.717) is 18.4 Å². The number of amidine groups is 1. The van der Waals surface area contributed by atoms with E-state index in [1.807, 2.05) is 49.4 Å². The van der Waals surface area contributed by atoms with Gasteiger partial charge in [0.1, 0.15) is 10.8 Å². The minimum absolute atomic E-state index is 0.0139. The van der Waals surface area contributed by atoms with Crippen molar-refractivity contribution in [2.45, 2.75) is 25.8 Å². The van der Waals surface area contributed by atoms with Crippen LogP contribution in [0.25, 0.3) is 10.2 Å². The Morgan fingerprint density at radius 1 is 1.26 bits per heavy atom. The predicted molar refractivity (Wildman–Crippen MR) is 111 cm³/mol. The molecule has 27 heavy (non-hydrogen) atoms. The number of fused-ring (bicyclic) bond motifs is 1. The van der Waals surface area contributed by atoms with Crippen molar-refractivity contribution in [2.24, 2.45) is 5.73 Å². The molecule has 0 bridgehead atoms. The van der Waals surface area contributed by atoms with E-state index in [9.17, 15) is 8.42 Å². The molecule has 8 heteroatoms. The summed E-state index contributed by atoms with van der Waals surface area (Å²) in [6, 6.07) is 14.6. The maximum absolute atomic E-state index is 12.4. The van der Waals surface area contributed by atoms with Crippen LogP contribution in [-0.4, -0.2) is 25.0 Å². The molecule has 3 aromatic rings. The van der Waals surface area contributed by atoms with Crippen molar-refractivity contribution < 1.29 is 8.42 Å². The lowest BCUT2D eigenvalue weighted by atomic mass is 10.0. The van der Waals surface area contributed by atoms with Crippen molar-refractivity contribution in [1.29, 1.82) is 5.41 Å². The van der Waals surface area contributed by atoms with Crippen LogP contribution < -0.4 is 10.5 Å². The third-order valence-electron chi connectivity index (χ3n) is 4.08. The van der Waals surface area contributed by atoms with Crippen LogP contribution >= 0.6 is 11.3 Å². The summed E-state index contributed by atoms with van der Waals surface area (Å²) in [6.07, 6.45) is 0.978. The predicted octanol–water partition coefficient (Wildman–Crippen LogP) is 3.19. The number of aromatic nitrogens is 1. The molecule has 1 atom stereocenters. The van der Waals surface area contributed by atoms with Crippen LogP contribution in [0.15, 0.2) is 48.5 Å². The van der Waals surface area contributed by atoms with Crippen molar-refractivity contribution >= 4 is 37.4 Å². The van der Waals surface area contributed by atoms with Gasteiger partial charge in [-0.3, -0.25) is 5.41 Å². The average Bonchev–Trinajstić information content (AvgIpc) is 3.05. The number of nitrogen functional groups attached to an aromatic ring is 1. The molecule has 6 nitrogen and oxygen atoms in total. The highest BCUT2D eigenvalue weighted by atomic mass is 32.2. The summed E-state index contributed by atoms with van der Waals surface area (Å²) in [7, 11) is -3.41. The fraction of sp³-hybridized carbons (Fsp3) is 0.263. The highest BCUT2D eigenvalue weighted by Crippen LogP contribution is 2.29. The smallest absolute Gasteiger partial charge is 0.212 e. The molecule has 4 N–H and O–H groups in total. The number of rotatable bonds is 8. The molecule has 3 rings (SSSR count). The first-order valence-corrected chi connectivity index (χ1v) is 11.1. The minimum atomic E-state index is -3.41. The number of hydrogen-bond donors (Lipinski definition) is 3. The summed E-state index contributed by atoms with van der Waals surface area (Å²) in [5.74, 6) is 0.0574. The summed E-state index contributed by atoms with van der Waals surface area (Å²) in [6.45, 7) is 1.84. The molecule has 0 aliphatic rings.